The van der Waals surface area contributed by atoms with Crippen molar-refractivity contribution in [3.63, 3.8) is 0 Å². The van der Waals surface area contributed by atoms with Gasteiger partial charge in [0.15, 0.2) is 10.2 Å². The van der Waals surface area contributed by atoms with Crippen LogP contribution in [0.25, 0.3) is 0 Å². The fraction of sp³-hybridized carbons (Fsp3) is 0.667. The van der Waals surface area contributed by atoms with Gasteiger partial charge in [-0.25, -0.2) is 0 Å². The van der Waals surface area contributed by atoms with E-state index in [4.69, 9.17) is 43.4 Å². The van der Waals surface area contributed by atoms with Crippen LogP contribution in [0.2, 0.25) is 0 Å². The second-order valence-corrected chi connectivity index (χ2v) is 6.51. The Morgan fingerprint density at radius 3 is 1.46 bits per heavy atom. The summed E-state index contributed by atoms with van der Waals surface area (Å²) in [6.07, 6.45) is 2.84. The molecule has 0 aromatic rings. The molecule has 0 saturated carbocycles. The largest absolute Gasteiger partial charge is 0.500 e. The highest BCUT2D eigenvalue weighted by molar-refractivity contribution is 7.80. The lowest BCUT2D eigenvalue weighted by Gasteiger charge is -2.29. The molecular formula is C18H32N4O4S2. The maximum absolute atomic E-state index is 5.78. The Hall–Kier alpha value is -1.62. The van der Waals surface area contributed by atoms with Gasteiger partial charge < -0.3 is 39.4 Å². The zero-order valence-electron chi connectivity index (χ0n) is 16.4. The second-order valence-electron chi connectivity index (χ2n) is 5.74. The molecule has 0 amide bonds. The maximum Gasteiger partial charge on any atom is 0.169 e. The Morgan fingerprint density at radius 1 is 0.786 bits per heavy atom. The molecule has 1 saturated heterocycles. The quantitative estimate of drug-likeness (QED) is 0.326. The number of rotatable bonds is 8. The zero-order valence-corrected chi connectivity index (χ0v) is 18.0. The number of hydrogen-bond donors (Lipinski definition) is 2. The number of nitrogens with zero attached hydrogens (tertiary/aromatic N) is 2. The molecule has 1 fully saturated rings. The van der Waals surface area contributed by atoms with E-state index in [-0.39, 0.29) is 0 Å². The molecule has 1 heterocycles. The lowest BCUT2D eigenvalue weighted by Crippen LogP contribution is -2.46. The highest BCUT2D eigenvalue weighted by atomic mass is 32.1. The van der Waals surface area contributed by atoms with E-state index in [1.54, 1.807) is 0 Å². The first kappa shape index (κ1) is 24.4. The van der Waals surface area contributed by atoms with Crippen LogP contribution in [0.5, 0.6) is 0 Å². The van der Waals surface area contributed by atoms with E-state index in [1.165, 1.54) is 12.5 Å². The monoisotopic (exact) mass is 432 g/mol. The minimum atomic E-state index is 0.522. The van der Waals surface area contributed by atoms with Gasteiger partial charge in [-0.05, 0) is 24.4 Å². The summed E-state index contributed by atoms with van der Waals surface area (Å²) in [5.41, 5.74) is 0. The Bertz CT molecular complexity index is 429. The van der Waals surface area contributed by atoms with Crippen molar-refractivity contribution < 1.29 is 18.9 Å². The highest BCUT2D eigenvalue weighted by Crippen LogP contribution is 1.97. The summed E-state index contributed by atoms with van der Waals surface area (Å²) in [5, 5.41) is 7.69. The molecule has 1 aliphatic rings. The third kappa shape index (κ3) is 11.3. The molecular weight excluding hydrogens is 400 g/mol. The van der Waals surface area contributed by atoms with Crippen LogP contribution in [0.3, 0.4) is 0 Å². The summed E-state index contributed by atoms with van der Waals surface area (Å²) >= 11 is 10.9. The van der Waals surface area contributed by atoms with Crippen molar-refractivity contribution in [1.29, 1.82) is 0 Å². The molecule has 0 bridgehead atoms. The summed E-state index contributed by atoms with van der Waals surface area (Å²) in [6.45, 7) is 14.4. The molecule has 0 radical (unpaired) electrons. The van der Waals surface area contributed by atoms with E-state index in [0.29, 0.717) is 89.1 Å². The molecule has 8 nitrogen and oxygen atoms in total. The minimum absolute atomic E-state index is 0.522. The van der Waals surface area contributed by atoms with Gasteiger partial charge in [-0.1, -0.05) is 13.2 Å². The van der Waals surface area contributed by atoms with E-state index in [9.17, 15) is 0 Å². The van der Waals surface area contributed by atoms with Crippen molar-refractivity contribution in [2.75, 3.05) is 78.9 Å². The highest BCUT2D eigenvalue weighted by Gasteiger charge is 2.13. The molecule has 0 aromatic carbocycles. The van der Waals surface area contributed by atoms with Gasteiger partial charge in [0.25, 0.3) is 0 Å². The van der Waals surface area contributed by atoms with Crippen LogP contribution < -0.4 is 10.6 Å². The average Bonchev–Trinajstić information content (AvgIpc) is 2.68. The smallest absolute Gasteiger partial charge is 0.169 e. The van der Waals surface area contributed by atoms with Gasteiger partial charge in [-0.2, -0.15) is 0 Å². The summed E-state index contributed by atoms with van der Waals surface area (Å²) in [4.78, 5) is 4.10. The summed E-state index contributed by atoms with van der Waals surface area (Å²) in [6, 6.07) is 0. The Morgan fingerprint density at radius 2 is 1.14 bits per heavy atom. The van der Waals surface area contributed by atoms with Crippen LogP contribution in [0.1, 0.15) is 0 Å². The molecule has 28 heavy (non-hydrogen) atoms. The fourth-order valence-electron chi connectivity index (χ4n) is 2.36. The maximum atomic E-state index is 5.78. The molecule has 0 unspecified atom stereocenters. The van der Waals surface area contributed by atoms with E-state index in [0.717, 1.165) is 0 Å². The Kier molecular flexibility index (Phi) is 14.3. The molecule has 1 rings (SSSR count). The average molecular weight is 433 g/mol. The summed E-state index contributed by atoms with van der Waals surface area (Å²) in [5.74, 6) is 0. The molecule has 0 spiro atoms. The van der Waals surface area contributed by atoms with Crippen LogP contribution in [0, 0.1) is 0 Å². The number of ether oxygens (including phenoxy) is 4. The topological polar surface area (TPSA) is 67.5 Å². The van der Waals surface area contributed by atoms with Crippen molar-refractivity contribution in [3.05, 3.63) is 25.7 Å². The minimum Gasteiger partial charge on any atom is -0.500 e. The lowest BCUT2D eigenvalue weighted by molar-refractivity contribution is 0.0676. The van der Waals surface area contributed by atoms with Crippen LogP contribution in [-0.2, 0) is 18.9 Å². The number of hydrogen-bond acceptors (Lipinski definition) is 6. The Balaban J connectivity index is 2.37. The SMILES string of the molecule is C=COCCNC(=S)N1CCOCCN(C(=S)NCCOC=C)CCOCC1. The van der Waals surface area contributed by atoms with Crippen LogP contribution >= 0.6 is 24.4 Å². The predicted molar refractivity (Wildman–Crippen MR) is 118 cm³/mol. The third-order valence-corrected chi connectivity index (χ3v) is 4.63. The Labute approximate surface area is 178 Å². The van der Waals surface area contributed by atoms with Crippen molar-refractivity contribution in [3.8, 4) is 0 Å². The first-order valence-corrected chi connectivity index (χ1v) is 10.2. The van der Waals surface area contributed by atoms with E-state index in [1.807, 2.05) is 0 Å². The van der Waals surface area contributed by atoms with Gasteiger partial charge in [-0.15, -0.1) is 0 Å². The van der Waals surface area contributed by atoms with Gasteiger partial charge in [0, 0.05) is 26.2 Å². The van der Waals surface area contributed by atoms with Gasteiger partial charge in [0.2, 0.25) is 0 Å². The van der Waals surface area contributed by atoms with Gasteiger partial charge in [-0.3, -0.25) is 0 Å². The number of thiocarbonyl (C=S) groups is 2. The van der Waals surface area contributed by atoms with Crippen molar-refractivity contribution in [2.45, 2.75) is 0 Å². The molecule has 1 aliphatic heterocycles. The number of nitrogens with one attached hydrogen (secondary N) is 2. The summed E-state index contributed by atoms with van der Waals surface area (Å²) in [7, 11) is 0. The zero-order chi connectivity index (χ0) is 20.5. The van der Waals surface area contributed by atoms with Gasteiger partial charge >= 0.3 is 0 Å². The van der Waals surface area contributed by atoms with Crippen LogP contribution in [-0.4, -0.2) is 98.9 Å². The third-order valence-electron chi connectivity index (χ3n) is 3.82. The first-order valence-electron chi connectivity index (χ1n) is 9.35. The van der Waals surface area contributed by atoms with Gasteiger partial charge in [0.1, 0.15) is 13.2 Å². The van der Waals surface area contributed by atoms with E-state index in [2.05, 4.69) is 33.6 Å². The molecule has 160 valence electrons. The van der Waals surface area contributed by atoms with Crippen molar-refractivity contribution in [2.24, 2.45) is 0 Å². The molecule has 2 N–H and O–H groups in total. The fourth-order valence-corrected chi connectivity index (χ4v) is 2.93. The van der Waals surface area contributed by atoms with Crippen LogP contribution in [0.4, 0.5) is 0 Å². The van der Waals surface area contributed by atoms with E-state index < -0.39 is 0 Å². The molecule has 0 aliphatic carbocycles. The van der Waals surface area contributed by atoms with Crippen LogP contribution in [0.15, 0.2) is 25.7 Å². The molecule has 10 heteroatoms. The van der Waals surface area contributed by atoms with Crippen molar-refractivity contribution >= 4 is 34.7 Å². The molecule has 0 atom stereocenters. The predicted octanol–water partition coefficient (Wildman–Crippen LogP) is 0.706. The molecule has 0 aromatic heterocycles. The first-order chi connectivity index (χ1) is 13.7. The standard InChI is InChI=1S/C18H32N4O4S2/c1-3-23-11-5-19-17(27)21-7-13-25-15-9-22(10-16-26-14-8-21)18(28)20-6-12-24-4-2/h3-4H,1-2,5-16H2,(H,19,27)(H,20,28). The van der Waals surface area contributed by atoms with Crippen molar-refractivity contribution in [1.82, 2.24) is 20.4 Å². The normalized spacial score (nSPS) is 16.1. The second kappa shape index (κ2) is 16.3. The van der Waals surface area contributed by atoms with Gasteiger partial charge in [0.05, 0.1) is 52.0 Å². The van der Waals surface area contributed by atoms with E-state index >= 15 is 0 Å². The summed E-state index contributed by atoms with van der Waals surface area (Å²) < 4.78 is 21.7. The lowest BCUT2D eigenvalue weighted by atomic mass is 10.4.